The average Bonchev–Trinajstić information content (AvgIpc) is 2.62. The van der Waals surface area contributed by atoms with Crippen molar-refractivity contribution in [2.75, 3.05) is 17.7 Å². The van der Waals surface area contributed by atoms with Crippen molar-refractivity contribution in [3.05, 3.63) is 49.6 Å². The normalized spacial score (nSPS) is 11.9. The maximum atomic E-state index is 12.7. The van der Waals surface area contributed by atoms with Crippen LogP contribution in [0.25, 0.3) is 0 Å². The number of unbranched alkanes of at least 4 members (excludes halogenated alkanes) is 1. The van der Waals surface area contributed by atoms with E-state index in [0.29, 0.717) is 12.3 Å². The monoisotopic (exact) mass is 438 g/mol. The SMILES string of the molecule is CCCCn1c(N)c(N(C)C(=O)C(C)Oc2ccc(Br)cc2)c(=O)[nH]c1=O. The lowest BCUT2D eigenvalue weighted by Crippen LogP contribution is -2.43. The Balaban J connectivity index is 2.28. The largest absolute Gasteiger partial charge is 0.481 e. The van der Waals surface area contributed by atoms with E-state index >= 15 is 0 Å². The lowest BCUT2D eigenvalue weighted by Gasteiger charge is -2.23. The number of ether oxygens (including phenoxy) is 1. The smallest absolute Gasteiger partial charge is 0.330 e. The summed E-state index contributed by atoms with van der Waals surface area (Å²) in [5.41, 5.74) is 4.67. The number of H-pyrrole nitrogens is 1. The zero-order valence-electron chi connectivity index (χ0n) is 15.5. The Bertz CT molecular complexity index is 920. The molecule has 0 aliphatic heterocycles. The first-order valence-corrected chi connectivity index (χ1v) is 9.38. The number of anilines is 2. The predicted molar refractivity (Wildman–Crippen MR) is 108 cm³/mol. The van der Waals surface area contributed by atoms with Crippen LogP contribution < -0.4 is 26.6 Å². The zero-order chi connectivity index (χ0) is 20.1. The minimum atomic E-state index is -0.856. The van der Waals surface area contributed by atoms with Crippen LogP contribution in [0.15, 0.2) is 38.3 Å². The maximum Gasteiger partial charge on any atom is 0.330 e. The topological polar surface area (TPSA) is 110 Å². The molecule has 0 aliphatic rings. The van der Waals surface area contributed by atoms with E-state index in [1.165, 1.54) is 11.6 Å². The second kappa shape index (κ2) is 8.90. The Morgan fingerprint density at radius 3 is 2.56 bits per heavy atom. The molecular weight excluding hydrogens is 416 g/mol. The van der Waals surface area contributed by atoms with Crippen molar-refractivity contribution >= 4 is 33.3 Å². The first-order valence-electron chi connectivity index (χ1n) is 8.58. The highest BCUT2D eigenvalue weighted by Crippen LogP contribution is 2.20. The van der Waals surface area contributed by atoms with Gasteiger partial charge in [-0.05, 0) is 37.6 Å². The molecule has 8 nitrogen and oxygen atoms in total. The molecule has 0 aliphatic carbocycles. The second-order valence-corrected chi connectivity index (χ2v) is 7.03. The predicted octanol–water partition coefficient (Wildman–Crippen LogP) is 2.11. The van der Waals surface area contributed by atoms with Crippen molar-refractivity contribution < 1.29 is 9.53 Å². The van der Waals surface area contributed by atoms with Crippen molar-refractivity contribution in [2.24, 2.45) is 0 Å². The number of hydrogen-bond donors (Lipinski definition) is 2. The van der Waals surface area contributed by atoms with Crippen molar-refractivity contribution in [1.82, 2.24) is 9.55 Å². The number of nitrogens with two attached hydrogens (primary N) is 1. The van der Waals surface area contributed by atoms with Gasteiger partial charge in [0.2, 0.25) is 0 Å². The molecule has 1 heterocycles. The highest BCUT2D eigenvalue weighted by molar-refractivity contribution is 9.10. The van der Waals surface area contributed by atoms with Crippen molar-refractivity contribution in [2.45, 2.75) is 39.3 Å². The maximum absolute atomic E-state index is 12.7. The zero-order valence-corrected chi connectivity index (χ0v) is 17.1. The molecule has 0 radical (unpaired) electrons. The van der Waals surface area contributed by atoms with Gasteiger partial charge in [-0.1, -0.05) is 29.3 Å². The highest BCUT2D eigenvalue weighted by Gasteiger charge is 2.25. The van der Waals surface area contributed by atoms with Gasteiger partial charge in [0.05, 0.1) is 0 Å². The van der Waals surface area contributed by atoms with Crippen LogP contribution in [-0.4, -0.2) is 28.6 Å². The van der Waals surface area contributed by atoms with Crippen LogP contribution >= 0.6 is 15.9 Å². The summed E-state index contributed by atoms with van der Waals surface area (Å²) in [6.07, 6.45) is 0.717. The number of nitrogens with one attached hydrogen (secondary N) is 1. The van der Waals surface area contributed by atoms with E-state index in [1.54, 1.807) is 31.2 Å². The van der Waals surface area contributed by atoms with Gasteiger partial charge in [0, 0.05) is 18.1 Å². The number of nitrogens with zero attached hydrogens (tertiary/aromatic N) is 2. The summed E-state index contributed by atoms with van der Waals surface area (Å²) in [5.74, 6) is 0.0157. The molecule has 1 amide bonds. The van der Waals surface area contributed by atoms with Crippen LogP contribution in [0.2, 0.25) is 0 Å². The second-order valence-electron chi connectivity index (χ2n) is 6.11. The molecule has 0 saturated heterocycles. The minimum Gasteiger partial charge on any atom is -0.481 e. The summed E-state index contributed by atoms with van der Waals surface area (Å²) in [6, 6.07) is 7.03. The number of likely N-dealkylation sites (N-methyl/N-ethyl adjacent to an activating group) is 1. The van der Waals surface area contributed by atoms with Gasteiger partial charge >= 0.3 is 5.69 Å². The number of amides is 1. The van der Waals surface area contributed by atoms with E-state index in [9.17, 15) is 14.4 Å². The standard InChI is InChI=1S/C18H23BrN4O4/c1-4-5-10-23-15(20)14(16(24)21-18(23)26)22(3)17(25)11(2)27-13-8-6-12(19)7-9-13/h6-9,11H,4-5,10,20H2,1-3H3,(H,21,24,26). The van der Waals surface area contributed by atoms with E-state index in [1.807, 2.05) is 6.92 Å². The van der Waals surface area contributed by atoms with Crippen LogP contribution in [-0.2, 0) is 11.3 Å². The lowest BCUT2D eigenvalue weighted by molar-refractivity contribution is -0.124. The molecule has 2 aromatic rings. The van der Waals surface area contributed by atoms with Crippen LogP contribution in [0.5, 0.6) is 5.75 Å². The highest BCUT2D eigenvalue weighted by atomic mass is 79.9. The number of hydrogen-bond acceptors (Lipinski definition) is 5. The molecule has 1 aromatic heterocycles. The number of aromatic nitrogens is 2. The molecule has 1 atom stereocenters. The summed E-state index contributed by atoms with van der Waals surface area (Å²) in [4.78, 5) is 40.3. The van der Waals surface area contributed by atoms with Crippen LogP contribution in [0, 0.1) is 0 Å². The molecule has 1 aromatic carbocycles. The van der Waals surface area contributed by atoms with Gasteiger partial charge in [-0.3, -0.25) is 19.1 Å². The molecule has 9 heteroatoms. The van der Waals surface area contributed by atoms with Crippen LogP contribution in [0.4, 0.5) is 11.5 Å². The summed E-state index contributed by atoms with van der Waals surface area (Å²) in [5, 5.41) is 0. The van der Waals surface area contributed by atoms with Gasteiger partial charge in [-0.15, -0.1) is 0 Å². The fourth-order valence-corrected chi connectivity index (χ4v) is 2.85. The van der Waals surface area contributed by atoms with Gasteiger partial charge in [-0.2, -0.15) is 0 Å². The van der Waals surface area contributed by atoms with E-state index in [4.69, 9.17) is 10.5 Å². The number of rotatable bonds is 7. The summed E-state index contributed by atoms with van der Waals surface area (Å²) < 4.78 is 7.80. The Labute approximate surface area is 165 Å². The van der Waals surface area contributed by atoms with E-state index in [0.717, 1.165) is 22.2 Å². The molecule has 3 N–H and O–H groups in total. The van der Waals surface area contributed by atoms with Crippen molar-refractivity contribution in [3.63, 3.8) is 0 Å². The molecule has 0 spiro atoms. The summed E-state index contributed by atoms with van der Waals surface area (Å²) in [6.45, 7) is 3.92. The molecule has 27 heavy (non-hydrogen) atoms. The molecule has 146 valence electrons. The number of carbonyl (C=O) groups is 1. The summed E-state index contributed by atoms with van der Waals surface area (Å²) in [7, 11) is 1.43. The first kappa shape index (κ1) is 20.8. The molecule has 0 bridgehead atoms. The molecule has 1 unspecified atom stereocenters. The van der Waals surface area contributed by atoms with Gasteiger partial charge < -0.3 is 15.4 Å². The Kier molecular flexibility index (Phi) is 6.84. The number of halogens is 1. The van der Waals surface area contributed by atoms with Gasteiger partial charge in [0.25, 0.3) is 11.5 Å². The quantitative estimate of drug-likeness (QED) is 0.687. The molecule has 0 saturated carbocycles. The third kappa shape index (κ3) is 4.79. The van der Waals surface area contributed by atoms with E-state index < -0.39 is 23.3 Å². The first-order chi connectivity index (χ1) is 12.8. The molecular formula is C18H23BrN4O4. The molecule has 0 fully saturated rings. The van der Waals surface area contributed by atoms with Crippen molar-refractivity contribution in [1.29, 1.82) is 0 Å². The number of benzene rings is 1. The van der Waals surface area contributed by atoms with Crippen LogP contribution in [0.3, 0.4) is 0 Å². The third-order valence-electron chi connectivity index (χ3n) is 4.09. The third-order valence-corrected chi connectivity index (χ3v) is 4.62. The Morgan fingerprint density at radius 2 is 1.96 bits per heavy atom. The molecule has 2 rings (SSSR count). The van der Waals surface area contributed by atoms with Gasteiger partial charge in [0.1, 0.15) is 11.6 Å². The fraction of sp³-hybridized carbons (Fsp3) is 0.389. The van der Waals surface area contributed by atoms with Crippen LogP contribution in [0.1, 0.15) is 26.7 Å². The van der Waals surface area contributed by atoms with E-state index in [2.05, 4.69) is 20.9 Å². The Hall–Kier alpha value is -2.55. The average molecular weight is 439 g/mol. The van der Waals surface area contributed by atoms with Gasteiger partial charge in [0.15, 0.2) is 11.8 Å². The summed E-state index contributed by atoms with van der Waals surface area (Å²) >= 11 is 3.33. The number of carbonyl (C=O) groups excluding carboxylic acids is 1. The van der Waals surface area contributed by atoms with Crippen molar-refractivity contribution in [3.8, 4) is 5.75 Å². The lowest BCUT2D eigenvalue weighted by atomic mass is 10.3. The minimum absolute atomic E-state index is 0.0381. The fourth-order valence-electron chi connectivity index (χ4n) is 2.59. The Morgan fingerprint density at radius 1 is 1.33 bits per heavy atom. The van der Waals surface area contributed by atoms with Gasteiger partial charge in [-0.25, -0.2) is 4.79 Å². The number of aromatic amines is 1. The number of nitrogen functional groups attached to an aromatic ring is 1. The van der Waals surface area contributed by atoms with E-state index in [-0.39, 0.29) is 11.5 Å².